The quantitative estimate of drug-likeness (QED) is 0.710. The van der Waals surface area contributed by atoms with Crippen LogP contribution in [0.15, 0.2) is 60.7 Å². The average molecular weight is 288 g/mol. The van der Waals surface area contributed by atoms with Crippen molar-refractivity contribution < 1.29 is 9.59 Å². The van der Waals surface area contributed by atoms with E-state index >= 15 is 0 Å². The number of hydrogen-bond acceptors (Lipinski definition) is 3. The van der Waals surface area contributed by atoms with Crippen LogP contribution in [0, 0.1) is 0 Å². The van der Waals surface area contributed by atoms with Crippen molar-refractivity contribution in [3.05, 3.63) is 71.8 Å². The molecule has 0 saturated heterocycles. The first-order valence-corrected chi connectivity index (χ1v) is 6.97. The van der Waals surface area contributed by atoms with Crippen LogP contribution in [-0.4, -0.2) is 11.8 Å². The molecule has 0 fully saturated rings. The second-order valence-electron chi connectivity index (χ2n) is 5.17. The van der Waals surface area contributed by atoms with Crippen molar-refractivity contribution in [1.82, 2.24) is 5.32 Å². The van der Waals surface area contributed by atoms with Crippen LogP contribution < -0.4 is 10.6 Å². The minimum Gasteiger partial charge on any atom is -0.355 e. The maximum atomic E-state index is 12.3. The molecule has 0 spiro atoms. The molecule has 0 saturated carbocycles. The van der Waals surface area contributed by atoms with Gasteiger partial charge in [-0.25, -0.2) is 0 Å². The fraction of sp³-hybridized carbons (Fsp3) is 0. The average Bonchev–Trinajstić information content (AvgIpc) is 2.54. The Morgan fingerprint density at radius 2 is 1.59 bits per heavy atom. The first-order valence-electron chi connectivity index (χ1n) is 6.97. The van der Waals surface area contributed by atoms with Gasteiger partial charge in [0.1, 0.15) is 0 Å². The Balaban J connectivity index is 1.97. The lowest BCUT2D eigenvalue weighted by Crippen LogP contribution is -2.35. The number of carbonyl (C=O) groups is 2. The van der Waals surface area contributed by atoms with Crippen molar-refractivity contribution in [2.45, 2.75) is 0 Å². The number of carbonyl (C=O) groups excluding carboxylic acids is 2. The van der Waals surface area contributed by atoms with E-state index in [2.05, 4.69) is 10.6 Å². The Labute approximate surface area is 126 Å². The number of anilines is 2. The standard InChI is InChI=1S/C18H12N2O2/c21-17-13-8-4-5-11-9-10-14(16(15(11)13)18(22)20-17)19-12-6-2-1-3-7-12/h1-10,19H,(H,20,21,22). The highest BCUT2D eigenvalue weighted by Gasteiger charge is 2.27. The van der Waals surface area contributed by atoms with Gasteiger partial charge in [-0.3, -0.25) is 14.9 Å². The topological polar surface area (TPSA) is 58.2 Å². The zero-order valence-corrected chi connectivity index (χ0v) is 11.6. The SMILES string of the molecule is O=C1NC(=O)c2c(Nc3ccccc3)ccc3cccc1c23. The van der Waals surface area contributed by atoms with Gasteiger partial charge in [0, 0.05) is 16.6 Å². The molecule has 106 valence electrons. The fourth-order valence-electron chi connectivity index (χ4n) is 2.82. The third-order valence-corrected chi connectivity index (χ3v) is 3.80. The first-order chi connectivity index (χ1) is 10.7. The molecular formula is C18H12N2O2. The highest BCUT2D eigenvalue weighted by atomic mass is 16.2. The number of nitrogens with one attached hydrogen (secondary N) is 2. The van der Waals surface area contributed by atoms with Crippen LogP contribution in [0.25, 0.3) is 10.8 Å². The van der Waals surface area contributed by atoms with Crippen LogP contribution in [0.4, 0.5) is 11.4 Å². The predicted octanol–water partition coefficient (Wildman–Crippen LogP) is 3.47. The van der Waals surface area contributed by atoms with Crippen LogP contribution in [0.5, 0.6) is 0 Å². The summed E-state index contributed by atoms with van der Waals surface area (Å²) in [5, 5.41) is 7.24. The van der Waals surface area contributed by atoms with Crippen molar-refractivity contribution in [3.63, 3.8) is 0 Å². The molecule has 0 bridgehead atoms. The van der Waals surface area contributed by atoms with Gasteiger partial charge in [-0.2, -0.15) is 0 Å². The van der Waals surface area contributed by atoms with E-state index in [1.165, 1.54) is 0 Å². The van der Waals surface area contributed by atoms with Gasteiger partial charge >= 0.3 is 0 Å². The molecule has 0 unspecified atom stereocenters. The van der Waals surface area contributed by atoms with Gasteiger partial charge in [-0.1, -0.05) is 36.4 Å². The van der Waals surface area contributed by atoms with Gasteiger partial charge in [0.05, 0.1) is 11.3 Å². The Morgan fingerprint density at radius 1 is 0.773 bits per heavy atom. The first kappa shape index (κ1) is 12.6. The zero-order chi connectivity index (χ0) is 15.1. The molecule has 1 heterocycles. The summed E-state index contributed by atoms with van der Waals surface area (Å²) in [5.41, 5.74) is 2.62. The van der Waals surface area contributed by atoms with Crippen molar-refractivity contribution in [2.24, 2.45) is 0 Å². The lowest BCUT2D eigenvalue weighted by atomic mass is 9.94. The molecule has 3 aromatic carbocycles. The molecule has 1 aliphatic rings. The zero-order valence-electron chi connectivity index (χ0n) is 11.6. The lowest BCUT2D eigenvalue weighted by molar-refractivity contribution is 0.0845. The van der Waals surface area contributed by atoms with Crippen molar-refractivity contribution in [3.8, 4) is 0 Å². The monoisotopic (exact) mass is 288 g/mol. The number of amides is 2. The molecule has 0 radical (unpaired) electrons. The van der Waals surface area contributed by atoms with Gasteiger partial charge in [-0.05, 0) is 29.7 Å². The van der Waals surface area contributed by atoms with Gasteiger partial charge in [0.2, 0.25) is 0 Å². The van der Waals surface area contributed by atoms with Crippen LogP contribution >= 0.6 is 0 Å². The highest BCUT2D eigenvalue weighted by molar-refractivity contribution is 6.27. The van der Waals surface area contributed by atoms with E-state index in [1.54, 1.807) is 6.07 Å². The van der Waals surface area contributed by atoms with Gasteiger partial charge < -0.3 is 5.32 Å². The number of para-hydroxylation sites is 1. The number of imide groups is 1. The Morgan fingerprint density at radius 3 is 2.41 bits per heavy atom. The third-order valence-electron chi connectivity index (χ3n) is 3.80. The smallest absolute Gasteiger partial charge is 0.260 e. The molecule has 1 aliphatic heterocycles. The molecule has 4 nitrogen and oxygen atoms in total. The van der Waals surface area contributed by atoms with Gasteiger partial charge in [-0.15, -0.1) is 0 Å². The van der Waals surface area contributed by atoms with E-state index in [0.29, 0.717) is 22.2 Å². The summed E-state index contributed by atoms with van der Waals surface area (Å²) in [7, 11) is 0. The van der Waals surface area contributed by atoms with Gasteiger partial charge in [0.15, 0.2) is 0 Å². The maximum absolute atomic E-state index is 12.3. The molecule has 4 heteroatoms. The van der Waals surface area contributed by atoms with Crippen LogP contribution in [0.2, 0.25) is 0 Å². The minimum absolute atomic E-state index is 0.347. The van der Waals surface area contributed by atoms with E-state index in [1.807, 2.05) is 54.6 Å². The summed E-state index contributed by atoms with van der Waals surface area (Å²) in [6, 6.07) is 18.9. The van der Waals surface area contributed by atoms with Crippen LogP contribution in [-0.2, 0) is 0 Å². The van der Waals surface area contributed by atoms with E-state index in [-0.39, 0.29) is 11.8 Å². The van der Waals surface area contributed by atoms with E-state index in [9.17, 15) is 9.59 Å². The highest BCUT2D eigenvalue weighted by Crippen LogP contribution is 2.33. The largest absolute Gasteiger partial charge is 0.355 e. The maximum Gasteiger partial charge on any atom is 0.260 e. The third kappa shape index (κ3) is 1.85. The number of benzene rings is 3. The second kappa shape index (κ2) is 4.70. The lowest BCUT2D eigenvalue weighted by Gasteiger charge is -2.20. The molecule has 3 aromatic rings. The van der Waals surface area contributed by atoms with Crippen LogP contribution in [0.1, 0.15) is 20.7 Å². The van der Waals surface area contributed by atoms with Gasteiger partial charge in [0.25, 0.3) is 11.8 Å². The summed E-state index contributed by atoms with van der Waals surface area (Å²) >= 11 is 0. The van der Waals surface area contributed by atoms with Crippen LogP contribution in [0.3, 0.4) is 0 Å². The Kier molecular flexibility index (Phi) is 2.69. The normalized spacial score (nSPS) is 13.1. The van der Waals surface area contributed by atoms with E-state index in [0.717, 1.165) is 11.1 Å². The number of rotatable bonds is 2. The second-order valence-corrected chi connectivity index (χ2v) is 5.17. The summed E-state index contributed by atoms with van der Waals surface area (Å²) in [6.07, 6.45) is 0. The van der Waals surface area contributed by atoms with Crippen molar-refractivity contribution in [1.29, 1.82) is 0 Å². The molecule has 0 aromatic heterocycles. The Hall–Kier alpha value is -3.14. The molecule has 0 atom stereocenters. The molecule has 22 heavy (non-hydrogen) atoms. The van der Waals surface area contributed by atoms with Crippen molar-refractivity contribution in [2.75, 3.05) is 5.32 Å². The summed E-state index contributed by atoms with van der Waals surface area (Å²) in [6.45, 7) is 0. The van der Waals surface area contributed by atoms with Crippen molar-refractivity contribution >= 4 is 34.0 Å². The molecular weight excluding hydrogens is 276 g/mol. The summed E-state index contributed by atoms with van der Waals surface area (Å²) in [4.78, 5) is 24.3. The van der Waals surface area contributed by atoms with E-state index < -0.39 is 0 Å². The Bertz CT molecular complexity index is 917. The molecule has 2 N–H and O–H groups in total. The predicted molar refractivity (Wildman–Crippen MR) is 85.5 cm³/mol. The summed E-state index contributed by atoms with van der Waals surface area (Å²) in [5.74, 6) is -0.715. The minimum atomic E-state index is -0.368. The molecule has 4 rings (SSSR count). The molecule has 2 amide bonds. The number of hydrogen-bond donors (Lipinski definition) is 2. The fourth-order valence-corrected chi connectivity index (χ4v) is 2.82. The summed E-state index contributed by atoms with van der Waals surface area (Å²) < 4.78 is 0. The molecule has 0 aliphatic carbocycles. The van der Waals surface area contributed by atoms with E-state index in [4.69, 9.17) is 0 Å².